The van der Waals surface area contributed by atoms with Gasteiger partial charge in [-0.05, 0) is 38.5 Å². The number of ether oxygens (including phenoxy) is 3. The van der Waals surface area contributed by atoms with Crippen molar-refractivity contribution >= 4 is 5.91 Å². The highest BCUT2D eigenvalue weighted by Crippen LogP contribution is 2.42. The SMILES string of the molecule is O=C(CO[C@H]1C[C@H](OC(F)(F)F)C1)NC1CCC(c2nnc([C@H]3C[C@@H](OC(F)(F)F)C3)o2)CC1. The number of carbonyl (C=O) groups is 1. The van der Waals surface area contributed by atoms with Gasteiger partial charge in [0, 0.05) is 30.7 Å². The Morgan fingerprint density at radius 2 is 1.35 bits per heavy atom. The van der Waals surface area contributed by atoms with E-state index in [1.807, 2.05) is 0 Å². The van der Waals surface area contributed by atoms with Crippen LogP contribution in [0.15, 0.2) is 4.42 Å². The van der Waals surface area contributed by atoms with E-state index in [9.17, 15) is 31.1 Å². The van der Waals surface area contributed by atoms with E-state index in [0.29, 0.717) is 37.5 Å². The zero-order chi connectivity index (χ0) is 24.5. The summed E-state index contributed by atoms with van der Waals surface area (Å²) in [7, 11) is 0. The van der Waals surface area contributed by atoms with Crippen LogP contribution in [0.2, 0.25) is 0 Å². The third kappa shape index (κ3) is 7.04. The molecule has 1 heterocycles. The van der Waals surface area contributed by atoms with E-state index in [-0.39, 0.29) is 56.1 Å². The summed E-state index contributed by atoms with van der Waals surface area (Å²) in [6, 6.07) is -0.0654. The van der Waals surface area contributed by atoms with Gasteiger partial charge in [-0.15, -0.1) is 36.5 Å². The molecule has 0 aliphatic heterocycles. The molecule has 0 unspecified atom stereocenters. The summed E-state index contributed by atoms with van der Waals surface area (Å²) in [5, 5.41) is 10.9. The first-order valence-corrected chi connectivity index (χ1v) is 11.2. The number of hydrogen-bond acceptors (Lipinski definition) is 7. The second kappa shape index (κ2) is 9.97. The molecule has 3 aliphatic rings. The maximum atomic E-state index is 12.2. The van der Waals surface area contributed by atoms with E-state index in [4.69, 9.17) is 9.15 Å². The quantitative estimate of drug-likeness (QED) is 0.537. The number of rotatable bonds is 8. The van der Waals surface area contributed by atoms with E-state index in [1.54, 1.807) is 0 Å². The van der Waals surface area contributed by atoms with Crippen molar-refractivity contribution in [3.05, 3.63) is 11.8 Å². The van der Waals surface area contributed by atoms with Crippen molar-refractivity contribution in [2.75, 3.05) is 6.61 Å². The molecule has 3 fully saturated rings. The highest BCUT2D eigenvalue weighted by Gasteiger charge is 2.43. The molecule has 0 spiro atoms. The molecule has 0 saturated heterocycles. The maximum Gasteiger partial charge on any atom is 0.522 e. The zero-order valence-electron chi connectivity index (χ0n) is 18.0. The van der Waals surface area contributed by atoms with E-state index in [2.05, 4.69) is 25.0 Å². The van der Waals surface area contributed by atoms with Crippen LogP contribution < -0.4 is 5.32 Å². The molecule has 0 aromatic carbocycles. The normalized spacial score (nSPS) is 32.1. The summed E-state index contributed by atoms with van der Waals surface area (Å²) >= 11 is 0. The number of hydrogen-bond donors (Lipinski definition) is 1. The molecule has 192 valence electrons. The fraction of sp³-hybridized carbons (Fsp3) is 0.850. The number of nitrogens with one attached hydrogen (secondary N) is 1. The van der Waals surface area contributed by atoms with Crippen molar-refractivity contribution in [2.45, 2.75) is 100 Å². The van der Waals surface area contributed by atoms with Gasteiger partial charge in [0.05, 0.1) is 18.3 Å². The molecule has 3 aliphatic carbocycles. The second-order valence-corrected chi connectivity index (χ2v) is 9.04. The Labute approximate surface area is 190 Å². The van der Waals surface area contributed by atoms with Crippen LogP contribution in [0.1, 0.15) is 75.0 Å². The average Bonchev–Trinajstić information content (AvgIpc) is 3.14. The highest BCUT2D eigenvalue weighted by atomic mass is 19.4. The lowest BCUT2D eigenvalue weighted by Gasteiger charge is -2.35. The fourth-order valence-corrected chi connectivity index (χ4v) is 4.52. The number of alkyl halides is 6. The Morgan fingerprint density at radius 1 is 0.824 bits per heavy atom. The molecule has 1 N–H and O–H groups in total. The van der Waals surface area contributed by atoms with Crippen LogP contribution in [0.5, 0.6) is 0 Å². The minimum Gasteiger partial charge on any atom is -0.425 e. The molecule has 14 heteroatoms. The van der Waals surface area contributed by atoms with Crippen molar-refractivity contribution < 1.29 is 49.8 Å². The molecule has 1 aromatic heterocycles. The minimum absolute atomic E-state index is 0.00786. The van der Waals surface area contributed by atoms with E-state index < -0.39 is 31.0 Å². The van der Waals surface area contributed by atoms with Gasteiger partial charge in [-0.2, -0.15) is 0 Å². The summed E-state index contributed by atoms with van der Waals surface area (Å²) in [5.74, 6) is 0.209. The van der Waals surface area contributed by atoms with Gasteiger partial charge in [0.2, 0.25) is 17.7 Å². The Hall–Kier alpha value is -1.93. The lowest BCUT2D eigenvalue weighted by molar-refractivity contribution is -0.357. The van der Waals surface area contributed by atoms with Gasteiger partial charge in [0.15, 0.2) is 0 Å². The van der Waals surface area contributed by atoms with Crippen molar-refractivity contribution in [1.29, 1.82) is 0 Å². The first-order valence-electron chi connectivity index (χ1n) is 11.2. The number of amides is 1. The summed E-state index contributed by atoms with van der Waals surface area (Å²) < 4.78 is 91.9. The lowest BCUT2D eigenvalue weighted by Crippen LogP contribution is -2.44. The van der Waals surface area contributed by atoms with Crippen molar-refractivity contribution in [2.24, 2.45) is 0 Å². The molecule has 8 nitrogen and oxygen atoms in total. The topological polar surface area (TPSA) is 95.7 Å². The molecule has 34 heavy (non-hydrogen) atoms. The van der Waals surface area contributed by atoms with Crippen LogP contribution in [0, 0.1) is 0 Å². The Bertz CT molecular complexity index is 827. The van der Waals surface area contributed by atoms with Gasteiger partial charge in [-0.1, -0.05) is 0 Å². The van der Waals surface area contributed by atoms with Crippen molar-refractivity contribution in [3.63, 3.8) is 0 Å². The Kier molecular flexibility index (Phi) is 7.38. The van der Waals surface area contributed by atoms with Crippen LogP contribution in [-0.2, 0) is 19.0 Å². The fourth-order valence-electron chi connectivity index (χ4n) is 4.52. The number of carbonyl (C=O) groups excluding carboxylic acids is 1. The average molecular weight is 501 g/mol. The first-order chi connectivity index (χ1) is 15.9. The van der Waals surface area contributed by atoms with Crippen LogP contribution >= 0.6 is 0 Å². The summed E-state index contributed by atoms with van der Waals surface area (Å²) in [5.41, 5.74) is 0. The van der Waals surface area contributed by atoms with Crippen molar-refractivity contribution in [3.8, 4) is 0 Å². The van der Waals surface area contributed by atoms with Crippen molar-refractivity contribution in [1.82, 2.24) is 15.5 Å². The number of halogens is 6. The van der Waals surface area contributed by atoms with E-state index in [0.717, 1.165) is 0 Å². The van der Waals surface area contributed by atoms with Crippen LogP contribution in [0.25, 0.3) is 0 Å². The third-order valence-corrected chi connectivity index (χ3v) is 6.44. The molecule has 1 aromatic rings. The highest BCUT2D eigenvalue weighted by molar-refractivity contribution is 5.77. The zero-order valence-corrected chi connectivity index (χ0v) is 18.0. The number of aromatic nitrogens is 2. The standard InChI is InChI=1S/C20H25F6N3O5/c21-19(22,23)33-14-5-11(6-14)18-29-28-17(32-18)10-1-3-12(4-2-10)27-16(30)9-31-13-7-15(8-13)34-20(24,25)26/h10-15H,1-9H2,(H,27,30)/t10?,11-,12?,13-,14+,15-. The molecule has 0 radical (unpaired) electrons. The first kappa shape index (κ1) is 25.2. The monoisotopic (exact) mass is 501 g/mol. The van der Waals surface area contributed by atoms with Gasteiger partial charge >= 0.3 is 12.7 Å². The predicted molar refractivity (Wildman–Crippen MR) is 100 cm³/mol. The summed E-state index contributed by atoms with van der Waals surface area (Å²) in [4.78, 5) is 12.1. The molecule has 0 atom stereocenters. The summed E-state index contributed by atoms with van der Waals surface area (Å²) in [6.45, 7) is -0.225. The van der Waals surface area contributed by atoms with Gasteiger partial charge in [-0.3, -0.25) is 14.3 Å². The van der Waals surface area contributed by atoms with E-state index >= 15 is 0 Å². The second-order valence-electron chi connectivity index (χ2n) is 9.04. The summed E-state index contributed by atoms with van der Waals surface area (Å²) in [6.07, 6.45) is -8.27. The molecule has 1 amide bonds. The molecule has 3 saturated carbocycles. The molecular formula is C20H25F6N3O5. The van der Waals surface area contributed by atoms with Gasteiger partial charge in [-0.25, -0.2) is 0 Å². The third-order valence-electron chi connectivity index (χ3n) is 6.44. The molecular weight excluding hydrogens is 476 g/mol. The predicted octanol–water partition coefficient (Wildman–Crippen LogP) is 4.08. The van der Waals surface area contributed by atoms with Gasteiger partial charge in [0.1, 0.15) is 6.61 Å². The molecule has 4 rings (SSSR count). The van der Waals surface area contributed by atoms with Gasteiger partial charge < -0.3 is 14.5 Å². The smallest absolute Gasteiger partial charge is 0.425 e. The van der Waals surface area contributed by atoms with Crippen LogP contribution in [-0.4, -0.2) is 59.8 Å². The van der Waals surface area contributed by atoms with E-state index in [1.165, 1.54) is 0 Å². The lowest BCUT2D eigenvalue weighted by atomic mass is 9.82. The minimum atomic E-state index is -4.67. The number of nitrogens with zero attached hydrogens (tertiary/aromatic N) is 2. The van der Waals surface area contributed by atoms with Crippen LogP contribution in [0.4, 0.5) is 26.3 Å². The largest absolute Gasteiger partial charge is 0.522 e. The Balaban J connectivity index is 1.11. The Morgan fingerprint density at radius 3 is 1.91 bits per heavy atom. The maximum absolute atomic E-state index is 12.2. The van der Waals surface area contributed by atoms with Gasteiger partial charge in [0.25, 0.3) is 0 Å². The molecule has 0 bridgehead atoms. The van der Waals surface area contributed by atoms with Crippen LogP contribution in [0.3, 0.4) is 0 Å².